The first-order chi connectivity index (χ1) is 15.5. The maximum Gasteiger partial charge on any atom is 0.387 e. The zero-order valence-corrected chi connectivity index (χ0v) is 20.1. The van der Waals surface area contributed by atoms with Gasteiger partial charge in [0.15, 0.2) is 0 Å². The van der Waals surface area contributed by atoms with Crippen molar-refractivity contribution in [3.05, 3.63) is 53.6 Å². The van der Waals surface area contributed by atoms with Crippen LogP contribution in [0.1, 0.15) is 43.1 Å². The number of nitrogens with one attached hydrogen (secondary N) is 3. The van der Waals surface area contributed by atoms with Gasteiger partial charge in [0.05, 0.1) is 5.71 Å². The van der Waals surface area contributed by atoms with E-state index < -0.39 is 12.2 Å². The first-order valence-electron chi connectivity index (χ1n) is 10.5. The Morgan fingerprint density at radius 1 is 1.30 bits per heavy atom. The molecule has 1 heterocycles. The second-order valence-corrected chi connectivity index (χ2v) is 9.61. The van der Waals surface area contributed by atoms with E-state index in [0.717, 1.165) is 0 Å². The van der Waals surface area contributed by atoms with Gasteiger partial charge in [-0.3, -0.25) is 4.79 Å². The number of aldehydes is 1. The quantitative estimate of drug-likeness (QED) is 0.311. The summed E-state index contributed by atoms with van der Waals surface area (Å²) >= 11 is 2.04. The Balaban J connectivity index is 0.000000405. The molecule has 1 saturated heterocycles. The maximum absolute atomic E-state index is 12.3. The predicted octanol–water partition coefficient (Wildman–Crippen LogP) is 5.08. The number of aliphatic hydroxyl groups is 1. The summed E-state index contributed by atoms with van der Waals surface area (Å²) in [7, 11) is 2.05. The lowest BCUT2D eigenvalue weighted by Gasteiger charge is -2.22. The number of hydrogen-bond acceptors (Lipinski definition) is 7. The molecule has 0 bridgehead atoms. The second-order valence-electron chi connectivity index (χ2n) is 8.50. The predicted molar refractivity (Wildman–Crippen MR) is 131 cm³/mol. The summed E-state index contributed by atoms with van der Waals surface area (Å²) in [4.78, 5) is 11.0. The summed E-state index contributed by atoms with van der Waals surface area (Å²) in [5.74, 6) is 2.60. The molecule has 1 unspecified atom stereocenters. The monoisotopic (exact) mass is 479 g/mol. The number of carbonyl (C=O) groups is 1. The fourth-order valence-corrected chi connectivity index (χ4v) is 4.53. The Hall–Kier alpha value is -2.49. The molecule has 0 radical (unpaired) electrons. The summed E-state index contributed by atoms with van der Waals surface area (Å²) < 4.78 is 29.0. The van der Waals surface area contributed by atoms with Crippen LogP contribution >= 0.6 is 11.8 Å². The van der Waals surface area contributed by atoms with Crippen LogP contribution in [-0.4, -0.2) is 53.4 Å². The van der Waals surface area contributed by atoms with Gasteiger partial charge in [0.25, 0.3) is 0 Å². The minimum Gasteiger partial charge on any atom is -0.435 e. The Labute approximate surface area is 197 Å². The number of thioether (sulfide) groups is 1. The van der Waals surface area contributed by atoms with E-state index in [4.69, 9.17) is 5.41 Å². The summed E-state index contributed by atoms with van der Waals surface area (Å²) in [6.07, 6.45) is 1.97. The molecular weight excluding hydrogens is 448 g/mol. The van der Waals surface area contributed by atoms with Crippen LogP contribution in [0.4, 0.5) is 20.2 Å². The largest absolute Gasteiger partial charge is 0.435 e. The minimum atomic E-state index is -2.93. The van der Waals surface area contributed by atoms with Crippen LogP contribution in [0, 0.1) is 5.41 Å². The molecule has 1 fully saturated rings. The van der Waals surface area contributed by atoms with E-state index in [1.165, 1.54) is 50.0 Å². The lowest BCUT2D eigenvalue weighted by atomic mass is 9.93. The maximum atomic E-state index is 12.3. The van der Waals surface area contributed by atoms with Gasteiger partial charge in [-0.05, 0) is 70.3 Å². The van der Waals surface area contributed by atoms with E-state index in [2.05, 4.69) is 22.3 Å². The molecule has 0 aliphatic carbocycles. The third-order valence-corrected chi connectivity index (χ3v) is 6.56. The van der Waals surface area contributed by atoms with Crippen LogP contribution in [-0.2, 0) is 0 Å². The molecule has 1 aliphatic rings. The fraction of sp³-hybridized carbons (Fsp3) is 0.417. The molecule has 3 rings (SSSR count). The number of alkyl halides is 2. The molecule has 9 heteroatoms. The van der Waals surface area contributed by atoms with E-state index in [9.17, 15) is 18.7 Å². The Morgan fingerprint density at radius 2 is 2.03 bits per heavy atom. The minimum absolute atomic E-state index is 0.0105. The summed E-state index contributed by atoms with van der Waals surface area (Å²) in [6.45, 7) is 2.28. The zero-order chi connectivity index (χ0) is 24.6. The van der Waals surface area contributed by atoms with Crippen LogP contribution in [0.15, 0.2) is 42.5 Å². The van der Waals surface area contributed by atoms with Crippen LogP contribution in [0.3, 0.4) is 0 Å². The number of halogens is 2. The van der Waals surface area contributed by atoms with Crippen molar-refractivity contribution < 1.29 is 23.4 Å². The third kappa shape index (κ3) is 8.10. The van der Waals surface area contributed by atoms with Crippen LogP contribution in [0.25, 0.3) is 0 Å². The lowest BCUT2D eigenvalue weighted by molar-refractivity contribution is -0.0498. The average molecular weight is 480 g/mol. The summed E-state index contributed by atoms with van der Waals surface area (Å²) in [6, 6.07) is 10.6. The fourth-order valence-electron chi connectivity index (χ4n) is 3.05. The highest BCUT2D eigenvalue weighted by molar-refractivity contribution is 7.99. The molecule has 2 aromatic carbocycles. The molecule has 4 N–H and O–H groups in total. The highest BCUT2D eigenvalue weighted by atomic mass is 32.2. The highest BCUT2D eigenvalue weighted by Gasteiger charge is 2.26. The molecule has 0 spiro atoms. The molecule has 1 aliphatic heterocycles. The van der Waals surface area contributed by atoms with Crippen molar-refractivity contribution in [1.29, 1.82) is 5.41 Å². The standard InChI is InChI=1S/C18H18F2N2O3.C6H13NS/c1-18(2,24)16(21)14-8-11(10-23)6-7-15(14)22-12-4-3-5-13(9-12)25-17(19)20;1-6(7-2)3-4-8-5-6/h3-10,17,21-22,24H,1-2H3;7H,3-5H2,1-2H3. The van der Waals surface area contributed by atoms with Gasteiger partial charge in [0.2, 0.25) is 0 Å². The number of rotatable bonds is 8. The van der Waals surface area contributed by atoms with Gasteiger partial charge in [-0.25, -0.2) is 0 Å². The number of hydrogen-bond donors (Lipinski definition) is 4. The van der Waals surface area contributed by atoms with E-state index in [-0.39, 0.29) is 11.5 Å². The molecule has 2 aromatic rings. The van der Waals surface area contributed by atoms with Crippen molar-refractivity contribution in [1.82, 2.24) is 5.32 Å². The SMILES string of the molecule is CC(C)(O)C(=N)c1cc(C=O)ccc1Nc1cccc(OC(F)F)c1.CNC1(C)CCSC1. The lowest BCUT2D eigenvalue weighted by Crippen LogP contribution is -2.39. The molecule has 1 atom stereocenters. The Bertz CT molecular complexity index is 958. The molecule has 0 amide bonds. The summed E-state index contributed by atoms with van der Waals surface area (Å²) in [5.41, 5.74) is 0.539. The van der Waals surface area contributed by atoms with E-state index in [1.807, 2.05) is 18.8 Å². The second kappa shape index (κ2) is 11.6. The zero-order valence-electron chi connectivity index (χ0n) is 19.2. The molecule has 33 heavy (non-hydrogen) atoms. The van der Waals surface area contributed by atoms with Gasteiger partial charge >= 0.3 is 6.61 Å². The number of anilines is 2. The molecule has 180 valence electrons. The molecule has 0 saturated carbocycles. The Kier molecular flexibility index (Phi) is 9.39. The molecule has 0 aromatic heterocycles. The van der Waals surface area contributed by atoms with Gasteiger partial charge in [-0.2, -0.15) is 20.5 Å². The first kappa shape index (κ1) is 26.8. The molecule has 6 nitrogen and oxygen atoms in total. The average Bonchev–Trinajstić information content (AvgIpc) is 3.20. The van der Waals surface area contributed by atoms with E-state index in [0.29, 0.717) is 34.3 Å². The van der Waals surface area contributed by atoms with Crippen LogP contribution < -0.4 is 15.4 Å². The van der Waals surface area contributed by atoms with Gasteiger partial charge in [-0.15, -0.1) is 0 Å². The first-order valence-corrected chi connectivity index (χ1v) is 11.6. The van der Waals surface area contributed by atoms with Crippen LogP contribution in [0.2, 0.25) is 0 Å². The van der Waals surface area contributed by atoms with Crippen molar-refractivity contribution in [3.63, 3.8) is 0 Å². The highest BCUT2D eigenvalue weighted by Crippen LogP contribution is 2.28. The van der Waals surface area contributed by atoms with Crippen molar-refractivity contribution in [2.75, 3.05) is 23.9 Å². The van der Waals surface area contributed by atoms with Crippen molar-refractivity contribution in [3.8, 4) is 5.75 Å². The van der Waals surface area contributed by atoms with Gasteiger partial charge in [0, 0.05) is 39.9 Å². The van der Waals surface area contributed by atoms with E-state index >= 15 is 0 Å². The number of ether oxygens (including phenoxy) is 1. The van der Waals surface area contributed by atoms with Crippen molar-refractivity contribution in [2.45, 2.75) is 44.9 Å². The number of benzene rings is 2. The van der Waals surface area contributed by atoms with Gasteiger partial charge < -0.3 is 25.9 Å². The summed E-state index contributed by atoms with van der Waals surface area (Å²) in [5, 5.41) is 24.6. The van der Waals surface area contributed by atoms with Gasteiger partial charge in [0.1, 0.15) is 17.6 Å². The third-order valence-electron chi connectivity index (χ3n) is 5.22. The smallest absolute Gasteiger partial charge is 0.387 e. The Morgan fingerprint density at radius 3 is 2.55 bits per heavy atom. The van der Waals surface area contributed by atoms with Crippen LogP contribution in [0.5, 0.6) is 5.75 Å². The van der Waals surface area contributed by atoms with Crippen molar-refractivity contribution >= 4 is 35.1 Å². The number of carbonyl (C=O) groups excluding carboxylic acids is 1. The molecular formula is C24H31F2N3O3S. The normalized spacial score (nSPS) is 17.8. The van der Waals surface area contributed by atoms with Crippen molar-refractivity contribution in [2.24, 2.45) is 0 Å². The topological polar surface area (TPSA) is 94.4 Å². The van der Waals surface area contributed by atoms with Gasteiger partial charge in [-0.1, -0.05) is 6.07 Å². The van der Waals surface area contributed by atoms with E-state index in [1.54, 1.807) is 24.3 Å².